The van der Waals surface area contributed by atoms with Crippen molar-refractivity contribution < 1.29 is 4.79 Å². The first-order valence-corrected chi connectivity index (χ1v) is 4.82. The highest BCUT2D eigenvalue weighted by Gasteiger charge is 2.38. The molecule has 0 amide bonds. The number of carbonyl (C=O) groups is 1. The quantitative estimate of drug-likeness (QED) is 0.707. The van der Waals surface area contributed by atoms with Gasteiger partial charge in [0.25, 0.3) is 0 Å². The van der Waals surface area contributed by atoms with E-state index in [2.05, 4.69) is 22.0 Å². The Morgan fingerprint density at radius 1 is 1.42 bits per heavy atom. The molecule has 12 heavy (non-hydrogen) atoms. The summed E-state index contributed by atoms with van der Waals surface area (Å²) in [5.74, 6) is 0.738. The number of rotatable bonds is 2. The van der Waals surface area contributed by atoms with Crippen LogP contribution in [-0.2, 0) is 4.79 Å². The average molecular weight is 225 g/mol. The monoisotopic (exact) mass is 224 g/mol. The molecule has 0 aliphatic heterocycles. The minimum Gasteiger partial charge on any atom is -0.303 e. The summed E-state index contributed by atoms with van der Waals surface area (Å²) >= 11 is 3.48. The molecule has 0 unspecified atom stereocenters. The second-order valence-electron chi connectivity index (χ2n) is 3.16. The van der Waals surface area contributed by atoms with Crippen LogP contribution in [0.3, 0.4) is 0 Å². The Morgan fingerprint density at radius 3 is 2.75 bits per heavy atom. The largest absolute Gasteiger partial charge is 0.303 e. The van der Waals surface area contributed by atoms with Crippen LogP contribution in [0.4, 0.5) is 0 Å². The van der Waals surface area contributed by atoms with Crippen molar-refractivity contribution in [1.29, 1.82) is 0 Å². The van der Waals surface area contributed by atoms with Crippen molar-refractivity contribution in [2.75, 3.05) is 0 Å². The normalized spacial score (nSPS) is 26.8. The summed E-state index contributed by atoms with van der Waals surface area (Å²) in [5, 5.41) is 0. The fourth-order valence-electron chi connectivity index (χ4n) is 1.50. The maximum absolute atomic E-state index is 10.4. The van der Waals surface area contributed by atoms with Crippen LogP contribution in [0.1, 0.15) is 17.9 Å². The Morgan fingerprint density at radius 2 is 2.17 bits per heavy atom. The summed E-state index contributed by atoms with van der Waals surface area (Å²) in [6.07, 6.45) is 2.08. The lowest BCUT2D eigenvalue weighted by Gasteiger charge is -2.00. The molecule has 1 aliphatic rings. The van der Waals surface area contributed by atoms with Gasteiger partial charge in [-0.2, -0.15) is 0 Å². The van der Waals surface area contributed by atoms with Crippen LogP contribution in [0, 0.1) is 5.92 Å². The molecule has 2 rings (SSSR count). The fraction of sp³-hybridized carbons (Fsp3) is 0.300. The van der Waals surface area contributed by atoms with Crippen LogP contribution < -0.4 is 0 Å². The molecule has 0 bridgehead atoms. The molecule has 2 heteroatoms. The van der Waals surface area contributed by atoms with Crippen LogP contribution in [-0.4, -0.2) is 6.29 Å². The third-order valence-electron chi connectivity index (χ3n) is 2.32. The van der Waals surface area contributed by atoms with E-state index in [0.717, 1.165) is 17.2 Å². The van der Waals surface area contributed by atoms with E-state index in [0.29, 0.717) is 5.92 Å². The Balaban J connectivity index is 2.25. The van der Waals surface area contributed by atoms with Gasteiger partial charge in [0.1, 0.15) is 6.29 Å². The molecule has 1 aromatic carbocycles. The van der Waals surface area contributed by atoms with Gasteiger partial charge in [-0.1, -0.05) is 34.1 Å². The highest BCUT2D eigenvalue weighted by molar-refractivity contribution is 9.10. The van der Waals surface area contributed by atoms with Crippen molar-refractivity contribution >= 4 is 22.2 Å². The van der Waals surface area contributed by atoms with Crippen molar-refractivity contribution in [1.82, 2.24) is 0 Å². The number of aldehydes is 1. The number of benzene rings is 1. The molecule has 62 valence electrons. The van der Waals surface area contributed by atoms with Gasteiger partial charge in [0.2, 0.25) is 0 Å². The number of hydrogen-bond donors (Lipinski definition) is 0. The molecule has 0 N–H and O–H groups in total. The summed E-state index contributed by atoms with van der Waals surface area (Å²) in [6.45, 7) is 0. The van der Waals surface area contributed by atoms with Crippen molar-refractivity contribution in [3.05, 3.63) is 34.3 Å². The van der Waals surface area contributed by atoms with Gasteiger partial charge in [-0.25, -0.2) is 0 Å². The van der Waals surface area contributed by atoms with Gasteiger partial charge in [0.15, 0.2) is 0 Å². The van der Waals surface area contributed by atoms with Gasteiger partial charge in [-0.15, -0.1) is 0 Å². The number of halogens is 1. The van der Waals surface area contributed by atoms with Gasteiger partial charge in [0.05, 0.1) is 0 Å². The molecular weight excluding hydrogens is 216 g/mol. The highest BCUT2D eigenvalue weighted by atomic mass is 79.9. The Labute approximate surface area is 79.9 Å². The number of hydrogen-bond acceptors (Lipinski definition) is 1. The van der Waals surface area contributed by atoms with E-state index in [4.69, 9.17) is 0 Å². The summed E-state index contributed by atoms with van der Waals surface area (Å²) in [4.78, 5) is 10.4. The Hall–Kier alpha value is -0.630. The summed E-state index contributed by atoms with van der Waals surface area (Å²) in [7, 11) is 0. The zero-order valence-corrected chi connectivity index (χ0v) is 8.12. The van der Waals surface area contributed by atoms with Crippen molar-refractivity contribution in [2.45, 2.75) is 12.3 Å². The molecule has 1 fully saturated rings. The van der Waals surface area contributed by atoms with Crippen molar-refractivity contribution in [2.24, 2.45) is 5.92 Å². The van der Waals surface area contributed by atoms with Gasteiger partial charge in [-0.3, -0.25) is 0 Å². The second kappa shape index (κ2) is 3.02. The molecule has 2 atom stereocenters. The van der Waals surface area contributed by atoms with Gasteiger partial charge in [0, 0.05) is 10.4 Å². The molecule has 0 aromatic heterocycles. The third kappa shape index (κ3) is 1.31. The predicted molar refractivity (Wildman–Crippen MR) is 51.1 cm³/mol. The molecule has 1 aliphatic carbocycles. The fourth-order valence-corrected chi connectivity index (χ4v) is 2.08. The van der Waals surface area contributed by atoms with Gasteiger partial charge in [-0.05, 0) is 24.0 Å². The molecule has 0 saturated heterocycles. The van der Waals surface area contributed by atoms with E-state index in [1.54, 1.807) is 0 Å². The minimum atomic E-state index is 0.267. The smallest absolute Gasteiger partial charge is 0.123 e. The first-order valence-electron chi connectivity index (χ1n) is 4.02. The molecule has 0 radical (unpaired) electrons. The maximum Gasteiger partial charge on any atom is 0.123 e. The van der Waals surface area contributed by atoms with E-state index in [9.17, 15) is 4.79 Å². The van der Waals surface area contributed by atoms with Crippen LogP contribution in [0.15, 0.2) is 28.7 Å². The van der Waals surface area contributed by atoms with Crippen LogP contribution in [0.25, 0.3) is 0 Å². The van der Waals surface area contributed by atoms with E-state index >= 15 is 0 Å². The summed E-state index contributed by atoms with van der Waals surface area (Å²) in [6, 6.07) is 8.11. The lowest BCUT2D eigenvalue weighted by atomic mass is 10.1. The number of carbonyl (C=O) groups excluding carboxylic acids is 1. The standard InChI is InChI=1S/C10H9BrO/c11-10-4-2-1-3-8(10)9-5-7(9)6-12/h1-4,6-7,9H,5H2/t7-,9-/m0/s1. The molecule has 1 aromatic rings. The van der Waals surface area contributed by atoms with E-state index < -0.39 is 0 Å². The average Bonchev–Trinajstić information content (AvgIpc) is 2.84. The van der Waals surface area contributed by atoms with Gasteiger partial charge < -0.3 is 4.79 Å². The Kier molecular flexibility index (Phi) is 2.01. The lowest BCUT2D eigenvalue weighted by molar-refractivity contribution is -0.108. The predicted octanol–water partition coefficient (Wildman–Crippen LogP) is 2.75. The maximum atomic E-state index is 10.4. The van der Waals surface area contributed by atoms with Gasteiger partial charge >= 0.3 is 0 Å². The second-order valence-corrected chi connectivity index (χ2v) is 4.02. The minimum absolute atomic E-state index is 0.267. The zero-order chi connectivity index (χ0) is 8.55. The van der Waals surface area contributed by atoms with Crippen LogP contribution in [0.5, 0.6) is 0 Å². The van der Waals surface area contributed by atoms with Crippen molar-refractivity contribution in [3.63, 3.8) is 0 Å². The van der Waals surface area contributed by atoms with E-state index in [-0.39, 0.29) is 5.92 Å². The molecular formula is C10H9BrO. The Bertz CT molecular complexity index is 308. The summed E-state index contributed by atoms with van der Waals surface area (Å²) < 4.78 is 1.12. The lowest BCUT2D eigenvalue weighted by Crippen LogP contribution is -1.85. The molecule has 1 saturated carbocycles. The van der Waals surface area contributed by atoms with Crippen molar-refractivity contribution in [3.8, 4) is 0 Å². The topological polar surface area (TPSA) is 17.1 Å². The SMILES string of the molecule is O=C[C@@H]1C[C@@H]1c1ccccc1Br. The summed E-state index contributed by atoms with van der Waals surface area (Å²) in [5.41, 5.74) is 1.27. The first kappa shape index (κ1) is 7.99. The molecule has 0 spiro atoms. The van der Waals surface area contributed by atoms with Crippen LogP contribution >= 0.6 is 15.9 Å². The highest BCUT2D eigenvalue weighted by Crippen LogP contribution is 2.47. The third-order valence-corrected chi connectivity index (χ3v) is 3.04. The molecule has 0 heterocycles. The van der Waals surface area contributed by atoms with E-state index in [1.807, 2.05) is 18.2 Å². The molecule has 1 nitrogen and oxygen atoms in total. The first-order chi connectivity index (χ1) is 5.83. The van der Waals surface area contributed by atoms with Crippen LogP contribution in [0.2, 0.25) is 0 Å². The van der Waals surface area contributed by atoms with E-state index in [1.165, 1.54) is 5.56 Å². The zero-order valence-electron chi connectivity index (χ0n) is 6.53.